The monoisotopic (exact) mass is 319 g/mol. The molecule has 0 atom stereocenters. The number of hydrogen-bond acceptors (Lipinski definition) is 3. The van der Waals surface area contributed by atoms with Crippen LogP contribution in [0.2, 0.25) is 0 Å². The van der Waals surface area contributed by atoms with Crippen LogP contribution in [0.4, 0.5) is 0 Å². The molecule has 1 aromatic carbocycles. The van der Waals surface area contributed by atoms with E-state index >= 15 is 0 Å². The van der Waals surface area contributed by atoms with E-state index in [1.807, 2.05) is 49.9 Å². The molecule has 1 fully saturated rings. The topological polar surface area (TPSA) is 49.8 Å². The van der Waals surface area contributed by atoms with Crippen LogP contribution in [-0.4, -0.2) is 47.3 Å². The SMILES string of the molecule is CCOC1CCN(C(=O)c2cccc(CCC(C)(C)O)c2)CC1. The Morgan fingerprint density at radius 2 is 2.04 bits per heavy atom. The molecular weight excluding hydrogens is 290 g/mol. The van der Waals surface area contributed by atoms with Gasteiger partial charge in [0.1, 0.15) is 0 Å². The standard InChI is InChI=1S/C19H29NO3/c1-4-23-17-9-12-20(13-10-17)18(21)16-7-5-6-15(14-16)8-11-19(2,3)22/h5-7,14,17,22H,4,8-13H2,1-3H3. The van der Waals surface area contributed by atoms with Crippen molar-refractivity contribution in [1.29, 1.82) is 0 Å². The third-order valence-electron chi connectivity index (χ3n) is 4.33. The molecule has 1 aromatic rings. The largest absolute Gasteiger partial charge is 0.390 e. The molecule has 0 spiro atoms. The molecular formula is C19H29NO3. The number of carbonyl (C=O) groups excluding carboxylic acids is 1. The fourth-order valence-corrected chi connectivity index (χ4v) is 2.95. The average molecular weight is 319 g/mol. The number of rotatable bonds is 6. The van der Waals surface area contributed by atoms with E-state index in [0.29, 0.717) is 12.5 Å². The number of likely N-dealkylation sites (tertiary alicyclic amines) is 1. The van der Waals surface area contributed by atoms with Crippen LogP contribution in [0, 0.1) is 0 Å². The van der Waals surface area contributed by atoms with Crippen molar-refractivity contribution in [3.05, 3.63) is 35.4 Å². The van der Waals surface area contributed by atoms with Crippen molar-refractivity contribution in [2.75, 3.05) is 19.7 Å². The number of amides is 1. The summed E-state index contributed by atoms with van der Waals surface area (Å²) >= 11 is 0. The second-order valence-electron chi connectivity index (χ2n) is 6.96. The number of nitrogens with zero attached hydrogens (tertiary/aromatic N) is 1. The molecule has 2 rings (SSSR count). The predicted molar refractivity (Wildman–Crippen MR) is 91.6 cm³/mol. The van der Waals surface area contributed by atoms with Crippen LogP contribution in [0.25, 0.3) is 0 Å². The van der Waals surface area contributed by atoms with Crippen LogP contribution < -0.4 is 0 Å². The molecule has 1 saturated heterocycles. The minimum Gasteiger partial charge on any atom is -0.390 e. The van der Waals surface area contributed by atoms with E-state index in [0.717, 1.165) is 50.1 Å². The summed E-state index contributed by atoms with van der Waals surface area (Å²) in [5, 5.41) is 9.84. The lowest BCUT2D eigenvalue weighted by Crippen LogP contribution is -2.40. The van der Waals surface area contributed by atoms with Crippen LogP contribution in [0.5, 0.6) is 0 Å². The van der Waals surface area contributed by atoms with Gasteiger partial charge in [-0.25, -0.2) is 0 Å². The summed E-state index contributed by atoms with van der Waals surface area (Å²) in [5.74, 6) is 0.102. The highest BCUT2D eigenvalue weighted by atomic mass is 16.5. The third kappa shape index (κ3) is 5.63. The van der Waals surface area contributed by atoms with Gasteiger partial charge in [0.05, 0.1) is 11.7 Å². The van der Waals surface area contributed by atoms with E-state index in [1.165, 1.54) is 0 Å². The van der Waals surface area contributed by atoms with Gasteiger partial charge in [-0.1, -0.05) is 12.1 Å². The maximum absolute atomic E-state index is 12.7. The molecule has 0 bridgehead atoms. The predicted octanol–water partition coefficient (Wildman–Crippen LogP) is 3.03. The van der Waals surface area contributed by atoms with E-state index in [-0.39, 0.29) is 5.91 Å². The Bertz CT molecular complexity index is 514. The first kappa shape index (κ1) is 18.0. The van der Waals surface area contributed by atoms with Gasteiger partial charge < -0.3 is 14.7 Å². The molecule has 0 aromatic heterocycles. The Labute approximate surface area is 139 Å². The van der Waals surface area contributed by atoms with Crippen molar-refractivity contribution in [2.45, 2.75) is 58.2 Å². The summed E-state index contributed by atoms with van der Waals surface area (Å²) < 4.78 is 5.64. The molecule has 1 amide bonds. The first-order valence-corrected chi connectivity index (χ1v) is 8.61. The van der Waals surface area contributed by atoms with Crippen LogP contribution in [0.15, 0.2) is 24.3 Å². The Balaban J connectivity index is 1.95. The number of piperidine rings is 1. The quantitative estimate of drug-likeness (QED) is 0.877. The maximum Gasteiger partial charge on any atom is 0.253 e. The highest BCUT2D eigenvalue weighted by Crippen LogP contribution is 2.18. The summed E-state index contributed by atoms with van der Waals surface area (Å²) in [7, 11) is 0. The molecule has 1 aliphatic rings. The zero-order chi connectivity index (χ0) is 16.9. The second kappa shape index (κ2) is 7.93. The van der Waals surface area contributed by atoms with E-state index in [9.17, 15) is 9.90 Å². The number of ether oxygens (including phenoxy) is 1. The summed E-state index contributed by atoms with van der Waals surface area (Å²) in [4.78, 5) is 14.6. The smallest absolute Gasteiger partial charge is 0.253 e. The lowest BCUT2D eigenvalue weighted by atomic mass is 9.97. The van der Waals surface area contributed by atoms with Crippen molar-refractivity contribution in [3.63, 3.8) is 0 Å². The molecule has 1 aliphatic heterocycles. The number of aryl methyl sites for hydroxylation is 1. The highest BCUT2D eigenvalue weighted by molar-refractivity contribution is 5.94. The number of benzene rings is 1. The van der Waals surface area contributed by atoms with Gasteiger partial charge in [0.15, 0.2) is 0 Å². The van der Waals surface area contributed by atoms with Crippen molar-refractivity contribution >= 4 is 5.91 Å². The van der Waals surface area contributed by atoms with Gasteiger partial charge in [-0.05, 0) is 64.2 Å². The maximum atomic E-state index is 12.7. The molecule has 4 nitrogen and oxygen atoms in total. The van der Waals surface area contributed by atoms with Gasteiger partial charge in [-0.2, -0.15) is 0 Å². The molecule has 0 aliphatic carbocycles. The normalized spacial score (nSPS) is 16.6. The molecule has 4 heteroatoms. The Hall–Kier alpha value is -1.39. The Kier molecular flexibility index (Phi) is 6.19. The lowest BCUT2D eigenvalue weighted by Gasteiger charge is -2.32. The zero-order valence-electron chi connectivity index (χ0n) is 14.5. The summed E-state index contributed by atoms with van der Waals surface area (Å²) in [6.45, 7) is 7.89. The summed E-state index contributed by atoms with van der Waals surface area (Å²) in [6.07, 6.45) is 3.58. The Morgan fingerprint density at radius 1 is 1.35 bits per heavy atom. The van der Waals surface area contributed by atoms with Gasteiger partial charge in [-0.3, -0.25) is 4.79 Å². The molecule has 23 heavy (non-hydrogen) atoms. The minimum atomic E-state index is -0.679. The molecule has 0 unspecified atom stereocenters. The van der Waals surface area contributed by atoms with Gasteiger partial charge in [-0.15, -0.1) is 0 Å². The fraction of sp³-hybridized carbons (Fsp3) is 0.632. The van der Waals surface area contributed by atoms with Crippen LogP contribution in [0.3, 0.4) is 0 Å². The first-order chi connectivity index (χ1) is 10.9. The molecule has 0 radical (unpaired) electrons. The molecule has 0 saturated carbocycles. The van der Waals surface area contributed by atoms with Crippen molar-refractivity contribution in [1.82, 2.24) is 4.90 Å². The van der Waals surface area contributed by atoms with E-state index in [1.54, 1.807) is 0 Å². The van der Waals surface area contributed by atoms with E-state index in [2.05, 4.69) is 0 Å². The fourth-order valence-electron chi connectivity index (χ4n) is 2.95. The number of hydrogen-bond donors (Lipinski definition) is 1. The highest BCUT2D eigenvalue weighted by Gasteiger charge is 2.24. The van der Waals surface area contributed by atoms with Crippen LogP contribution in [-0.2, 0) is 11.2 Å². The minimum absolute atomic E-state index is 0.102. The van der Waals surface area contributed by atoms with Crippen molar-refractivity contribution in [2.24, 2.45) is 0 Å². The number of aliphatic hydroxyl groups is 1. The van der Waals surface area contributed by atoms with Crippen molar-refractivity contribution in [3.8, 4) is 0 Å². The van der Waals surface area contributed by atoms with E-state index in [4.69, 9.17) is 4.74 Å². The van der Waals surface area contributed by atoms with Crippen molar-refractivity contribution < 1.29 is 14.6 Å². The van der Waals surface area contributed by atoms with Gasteiger partial charge >= 0.3 is 0 Å². The second-order valence-corrected chi connectivity index (χ2v) is 6.96. The Morgan fingerprint density at radius 3 is 2.65 bits per heavy atom. The van der Waals surface area contributed by atoms with Crippen LogP contribution in [0.1, 0.15) is 56.0 Å². The van der Waals surface area contributed by atoms with Crippen LogP contribution >= 0.6 is 0 Å². The molecule has 1 heterocycles. The molecule has 1 N–H and O–H groups in total. The summed E-state index contributed by atoms with van der Waals surface area (Å²) in [6, 6.07) is 7.79. The van der Waals surface area contributed by atoms with E-state index < -0.39 is 5.60 Å². The number of carbonyl (C=O) groups is 1. The van der Waals surface area contributed by atoms with Gasteiger partial charge in [0, 0.05) is 25.3 Å². The summed E-state index contributed by atoms with van der Waals surface area (Å²) in [5.41, 5.74) is 1.16. The van der Waals surface area contributed by atoms with Gasteiger partial charge in [0.25, 0.3) is 5.91 Å². The van der Waals surface area contributed by atoms with Gasteiger partial charge in [0.2, 0.25) is 0 Å². The lowest BCUT2D eigenvalue weighted by molar-refractivity contribution is 0.0146. The first-order valence-electron chi connectivity index (χ1n) is 8.61. The zero-order valence-corrected chi connectivity index (χ0v) is 14.5. The third-order valence-corrected chi connectivity index (χ3v) is 4.33. The molecule has 128 valence electrons. The average Bonchev–Trinajstić information content (AvgIpc) is 2.53.